The van der Waals surface area contributed by atoms with Gasteiger partial charge in [-0.05, 0) is 30.2 Å². The lowest BCUT2D eigenvalue weighted by molar-refractivity contribution is -0.120. The van der Waals surface area contributed by atoms with E-state index in [0.29, 0.717) is 11.4 Å². The zero-order chi connectivity index (χ0) is 14.4. The molecule has 0 aliphatic carbocycles. The van der Waals surface area contributed by atoms with Crippen LogP contribution in [0.15, 0.2) is 24.3 Å². The third kappa shape index (κ3) is 4.97. The van der Waals surface area contributed by atoms with Crippen LogP contribution in [0.1, 0.15) is 13.8 Å². The van der Waals surface area contributed by atoms with Crippen LogP contribution in [-0.2, 0) is 9.59 Å². The molecule has 0 aliphatic heterocycles. The average Bonchev–Trinajstić information content (AvgIpc) is 2.36. The Kier molecular flexibility index (Phi) is 5.32. The molecule has 0 radical (unpaired) electrons. The first-order valence-electron chi connectivity index (χ1n) is 5.97. The van der Waals surface area contributed by atoms with Crippen molar-refractivity contribution < 1.29 is 14.3 Å². The number of nitrogens with one attached hydrogen (secondary N) is 1. The van der Waals surface area contributed by atoms with Crippen molar-refractivity contribution in [2.24, 2.45) is 17.4 Å². The van der Waals surface area contributed by atoms with E-state index in [2.05, 4.69) is 5.32 Å². The molecular formula is C13H19N3O3. The summed E-state index contributed by atoms with van der Waals surface area (Å²) in [6, 6.07) is 6.06. The second-order valence-corrected chi connectivity index (χ2v) is 4.54. The van der Waals surface area contributed by atoms with Crippen LogP contribution < -0.4 is 21.5 Å². The average molecular weight is 265 g/mol. The molecule has 0 aliphatic rings. The summed E-state index contributed by atoms with van der Waals surface area (Å²) in [5.41, 5.74) is 11.3. The summed E-state index contributed by atoms with van der Waals surface area (Å²) in [5.74, 6) is -0.204. The van der Waals surface area contributed by atoms with E-state index in [1.807, 2.05) is 13.8 Å². The van der Waals surface area contributed by atoms with Gasteiger partial charge in [0.2, 0.25) is 5.91 Å². The number of primary amides is 1. The van der Waals surface area contributed by atoms with Crippen LogP contribution in [0.5, 0.6) is 5.75 Å². The molecule has 104 valence electrons. The van der Waals surface area contributed by atoms with Crippen molar-refractivity contribution >= 4 is 17.5 Å². The quantitative estimate of drug-likeness (QED) is 0.695. The summed E-state index contributed by atoms with van der Waals surface area (Å²) in [6.45, 7) is 3.58. The topological polar surface area (TPSA) is 107 Å². The van der Waals surface area contributed by atoms with Gasteiger partial charge in [0, 0.05) is 5.69 Å². The fraction of sp³-hybridized carbons (Fsp3) is 0.385. The fourth-order valence-corrected chi connectivity index (χ4v) is 1.32. The molecule has 0 unspecified atom stereocenters. The van der Waals surface area contributed by atoms with Gasteiger partial charge >= 0.3 is 0 Å². The van der Waals surface area contributed by atoms with Crippen LogP contribution in [0.3, 0.4) is 0 Å². The fourth-order valence-electron chi connectivity index (χ4n) is 1.32. The van der Waals surface area contributed by atoms with Crippen LogP contribution in [0.2, 0.25) is 0 Å². The minimum Gasteiger partial charge on any atom is -0.484 e. The highest BCUT2D eigenvalue weighted by Crippen LogP contribution is 2.16. The number of benzene rings is 1. The van der Waals surface area contributed by atoms with E-state index < -0.39 is 11.9 Å². The number of hydrogen-bond acceptors (Lipinski definition) is 4. The van der Waals surface area contributed by atoms with E-state index in [0.717, 1.165) is 0 Å². The van der Waals surface area contributed by atoms with Crippen molar-refractivity contribution in [3.63, 3.8) is 0 Å². The van der Waals surface area contributed by atoms with Gasteiger partial charge in [0.25, 0.3) is 5.91 Å². The Balaban J connectivity index is 2.57. The lowest BCUT2D eigenvalue weighted by atomic mass is 10.1. The van der Waals surface area contributed by atoms with Crippen LogP contribution in [0, 0.1) is 5.92 Å². The van der Waals surface area contributed by atoms with Gasteiger partial charge in [0.1, 0.15) is 5.75 Å². The SMILES string of the molecule is CC(C)[C@H](N)C(=O)Nc1ccc(OCC(N)=O)cc1. The monoisotopic (exact) mass is 265 g/mol. The van der Waals surface area contributed by atoms with Gasteiger partial charge in [0.15, 0.2) is 6.61 Å². The molecule has 0 heterocycles. The first-order chi connectivity index (χ1) is 8.90. The predicted molar refractivity (Wildman–Crippen MR) is 72.6 cm³/mol. The van der Waals surface area contributed by atoms with Crippen molar-refractivity contribution in [2.75, 3.05) is 11.9 Å². The molecule has 6 heteroatoms. The molecule has 0 bridgehead atoms. The zero-order valence-electron chi connectivity index (χ0n) is 11.1. The standard InChI is InChI=1S/C13H19N3O3/c1-8(2)12(15)13(18)16-9-3-5-10(6-4-9)19-7-11(14)17/h3-6,8,12H,7,15H2,1-2H3,(H2,14,17)(H,16,18)/t12-/m0/s1. The number of amides is 2. The van der Waals surface area contributed by atoms with Crippen molar-refractivity contribution in [2.45, 2.75) is 19.9 Å². The van der Waals surface area contributed by atoms with Gasteiger partial charge in [-0.1, -0.05) is 13.8 Å². The lowest BCUT2D eigenvalue weighted by Crippen LogP contribution is -2.39. The molecule has 0 aromatic heterocycles. The van der Waals surface area contributed by atoms with Gasteiger partial charge in [0.05, 0.1) is 6.04 Å². The summed E-state index contributed by atoms with van der Waals surface area (Å²) in [4.78, 5) is 22.3. The van der Waals surface area contributed by atoms with Crippen molar-refractivity contribution in [3.8, 4) is 5.75 Å². The molecule has 19 heavy (non-hydrogen) atoms. The number of ether oxygens (including phenoxy) is 1. The molecule has 0 saturated heterocycles. The Morgan fingerprint density at radius 2 is 1.84 bits per heavy atom. The third-order valence-electron chi connectivity index (χ3n) is 2.52. The maximum atomic E-state index is 11.7. The summed E-state index contributed by atoms with van der Waals surface area (Å²) in [6.07, 6.45) is 0. The third-order valence-corrected chi connectivity index (χ3v) is 2.52. The number of rotatable bonds is 6. The maximum Gasteiger partial charge on any atom is 0.255 e. The molecule has 2 amide bonds. The summed E-state index contributed by atoms with van der Waals surface area (Å²) >= 11 is 0. The van der Waals surface area contributed by atoms with E-state index in [9.17, 15) is 9.59 Å². The summed E-state index contributed by atoms with van der Waals surface area (Å²) in [7, 11) is 0. The van der Waals surface area contributed by atoms with Crippen molar-refractivity contribution in [1.82, 2.24) is 0 Å². The Labute approximate surface area is 112 Å². The number of nitrogens with two attached hydrogens (primary N) is 2. The molecule has 0 saturated carbocycles. The molecule has 1 aromatic rings. The van der Waals surface area contributed by atoms with E-state index >= 15 is 0 Å². The Bertz CT molecular complexity index is 443. The lowest BCUT2D eigenvalue weighted by Gasteiger charge is -2.15. The minimum absolute atomic E-state index is 0.0678. The van der Waals surface area contributed by atoms with E-state index in [1.165, 1.54) is 0 Å². The molecular weight excluding hydrogens is 246 g/mol. The highest BCUT2D eigenvalue weighted by Gasteiger charge is 2.16. The molecule has 1 aromatic carbocycles. The second-order valence-electron chi connectivity index (χ2n) is 4.54. The van der Waals surface area contributed by atoms with Crippen molar-refractivity contribution in [3.05, 3.63) is 24.3 Å². The molecule has 5 N–H and O–H groups in total. The van der Waals surface area contributed by atoms with Gasteiger partial charge in [-0.25, -0.2) is 0 Å². The largest absolute Gasteiger partial charge is 0.484 e. The molecule has 1 rings (SSSR count). The van der Waals surface area contributed by atoms with Crippen LogP contribution in [0.25, 0.3) is 0 Å². The first kappa shape index (κ1) is 15.0. The zero-order valence-corrected chi connectivity index (χ0v) is 11.1. The number of hydrogen-bond donors (Lipinski definition) is 3. The normalized spacial score (nSPS) is 12.0. The van der Waals surface area contributed by atoms with E-state index in [4.69, 9.17) is 16.2 Å². The second kappa shape index (κ2) is 6.75. The Morgan fingerprint density at radius 1 is 1.26 bits per heavy atom. The number of carbonyl (C=O) groups is 2. The van der Waals surface area contributed by atoms with Gasteiger partial charge in [-0.3, -0.25) is 9.59 Å². The smallest absolute Gasteiger partial charge is 0.255 e. The van der Waals surface area contributed by atoms with E-state index in [-0.39, 0.29) is 18.4 Å². The van der Waals surface area contributed by atoms with Gasteiger partial charge in [-0.2, -0.15) is 0 Å². The summed E-state index contributed by atoms with van der Waals surface area (Å²) in [5, 5.41) is 2.70. The first-order valence-corrected chi connectivity index (χ1v) is 5.97. The summed E-state index contributed by atoms with van der Waals surface area (Å²) < 4.78 is 5.10. The minimum atomic E-state index is -0.550. The van der Waals surface area contributed by atoms with Gasteiger partial charge in [-0.15, -0.1) is 0 Å². The van der Waals surface area contributed by atoms with Gasteiger partial charge < -0.3 is 21.5 Å². The van der Waals surface area contributed by atoms with Crippen LogP contribution in [-0.4, -0.2) is 24.5 Å². The molecule has 1 atom stereocenters. The molecule has 0 spiro atoms. The van der Waals surface area contributed by atoms with Crippen LogP contribution in [0.4, 0.5) is 5.69 Å². The Morgan fingerprint density at radius 3 is 2.32 bits per heavy atom. The molecule has 0 fully saturated rings. The van der Waals surface area contributed by atoms with E-state index in [1.54, 1.807) is 24.3 Å². The highest BCUT2D eigenvalue weighted by atomic mass is 16.5. The maximum absolute atomic E-state index is 11.7. The van der Waals surface area contributed by atoms with Crippen LogP contribution >= 0.6 is 0 Å². The van der Waals surface area contributed by atoms with Crippen molar-refractivity contribution in [1.29, 1.82) is 0 Å². The number of anilines is 1. The molecule has 6 nitrogen and oxygen atoms in total. The highest BCUT2D eigenvalue weighted by molar-refractivity contribution is 5.94. The predicted octanol–water partition coefficient (Wildman–Crippen LogP) is 0.473. The Hall–Kier alpha value is -2.08. The number of carbonyl (C=O) groups excluding carboxylic acids is 2.